The number of hydrogen-bond acceptors (Lipinski definition) is 6. The summed E-state index contributed by atoms with van der Waals surface area (Å²) in [4.78, 5) is 29.1. The van der Waals surface area contributed by atoms with Gasteiger partial charge in [0.15, 0.2) is 0 Å². The number of hydrogen-bond donors (Lipinski definition) is 2. The van der Waals surface area contributed by atoms with Crippen molar-refractivity contribution in [3.05, 3.63) is 51.3 Å². The summed E-state index contributed by atoms with van der Waals surface area (Å²) in [6, 6.07) is 8.73. The standard InChI is InChI=1S/C17H14BrN3O3S2/c1-2-24-17(23)20-12-5-3-11(4-6-12)19-15(22)13-9-26-16(21-13)14-7-10(18)8-25-14/h3-9H,2H2,1H3,(H,19,22)(H,20,23). The van der Waals surface area contributed by atoms with Crippen molar-refractivity contribution in [1.82, 2.24) is 4.98 Å². The van der Waals surface area contributed by atoms with Crippen LogP contribution >= 0.6 is 38.6 Å². The van der Waals surface area contributed by atoms with Gasteiger partial charge in [0.05, 0.1) is 11.5 Å². The fourth-order valence-corrected chi connectivity index (χ4v) is 4.34. The molecule has 0 saturated carbocycles. The Balaban J connectivity index is 1.63. The minimum Gasteiger partial charge on any atom is -0.450 e. The Morgan fingerprint density at radius 2 is 1.81 bits per heavy atom. The average molecular weight is 452 g/mol. The fraction of sp³-hybridized carbons (Fsp3) is 0.118. The van der Waals surface area contributed by atoms with Gasteiger partial charge in [0.25, 0.3) is 5.91 Å². The van der Waals surface area contributed by atoms with Crippen molar-refractivity contribution >= 4 is 62.0 Å². The SMILES string of the molecule is CCOC(=O)Nc1ccc(NC(=O)c2csc(-c3cc(Br)cs3)n2)cc1. The molecule has 134 valence electrons. The van der Waals surface area contributed by atoms with Gasteiger partial charge < -0.3 is 10.1 Å². The first kappa shape index (κ1) is 18.6. The van der Waals surface area contributed by atoms with Crippen LogP contribution in [0.25, 0.3) is 9.88 Å². The van der Waals surface area contributed by atoms with Gasteiger partial charge in [-0.1, -0.05) is 0 Å². The normalized spacial score (nSPS) is 10.4. The van der Waals surface area contributed by atoms with E-state index in [0.29, 0.717) is 23.7 Å². The van der Waals surface area contributed by atoms with E-state index in [1.807, 2.05) is 11.4 Å². The van der Waals surface area contributed by atoms with E-state index in [0.717, 1.165) is 14.4 Å². The Morgan fingerprint density at radius 3 is 2.42 bits per heavy atom. The number of rotatable bonds is 5. The highest BCUT2D eigenvalue weighted by Gasteiger charge is 2.13. The second-order valence-corrected chi connectivity index (χ2v) is 7.73. The average Bonchev–Trinajstić information content (AvgIpc) is 3.26. The predicted octanol–water partition coefficient (Wildman–Crippen LogP) is 5.45. The van der Waals surface area contributed by atoms with Gasteiger partial charge in [0.2, 0.25) is 0 Å². The van der Waals surface area contributed by atoms with Gasteiger partial charge >= 0.3 is 6.09 Å². The second kappa shape index (κ2) is 8.43. The lowest BCUT2D eigenvalue weighted by Gasteiger charge is -2.07. The Bertz CT molecular complexity index is 921. The third-order valence-electron chi connectivity index (χ3n) is 3.18. The zero-order valence-corrected chi connectivity index (χ0v) is 16.8. The first-order valence-electron chi connectivity index (χ1n) is 7.60. The Morgan fingerprint density at radius 1 is 1.12 bits per heavy atom. The van der Waals surface area contributed by atoms with Gasteiger partial charge in [-0.3, -0.25) is 10.1 Å². The van der Waals surface area contributed by atoms with Crippen LogP contribution in [0.5, 0.6) is 0 Å². The quantitative estimate of drug-likeness (QED) is 0.539. The molecule has 2 heterocycles. The van der Waals surface area contributed by atoms with Crippen molar-refractivity contribution < 1.29 is 14.3 Å². The maximum absolute atomic E-state index is 12.3. The minimum absolute atomic E-state index is 0.283. The molecule has 0 atom stereocenters. The van der Waals surface area contributed by atoms with Crippen molar-refractivity contribution in [3.63, 3.8) is 0 Å². The number of nitrogens with zero attached hydrogens (tertiary/aromatic N) is 1. The number of carbonyl (C=O) groups excluding carboxylic acids is 2. The van der Waals surface area contributed by atoms with Gasteiger partial charge in [-0.15, -0.1) is 22.7 Å². The molecule has 0 aliphatic heterocycles. The molecule has 26 heavy (non-hydrogen) atoms. The van der Waals surface area contributed by atoms with Gasteiger partial charge in [-0.05, 0) is 53.2 Å². The number of carbonyl (C=O) groups is 2. The second-order valence-electron chi connectivity index (χ2n) is 5.04. The van der Waals surface area contributed by atoms with Gasteiger partial charge in [-0.25, -0.2) is 9.78 Å². The number of amides is 2. The van der Waals surface area contributed by atoms with E-state index in [1.54, 1.807) is 47.9 Å². The molecule has 2 N–H and O–H groups in total. The van der Waals surface area contributed by atoms with Gasteiger partial charge in [-0.2, -0.15) is 0 Å². The Hall–Kier alpha value is -2.23. The van der Waals surface area contributed by atoms with Gasteiger partial charge in [0, 0.05) is 26.6 Å². The summed E-state index contributed by atoms with van der Waals surface area (Å²) in [7, 11) is 0. The van der Waals surface area contributed by atoms with Crippen molar-refractivity contribution in [1.29, 1.82) is 0 Å². The van der Waals surface area contributed by atoms with Crippen molar-refractivity contribution in [2.24, 2.45) is 0 Å². The van der Waals surface area contributed by atoms with E-state index in [4.69, 9.17) is 4.74 Å². The molecule has 0 saturated heterocycles. The third-order valence-corrected chi connectivity index (χ3v) is 5.88. The summed E-state index contributed by atoms with van der Waals surface area (Å²) < 4.78 is 5.81. The van der Waals surface area contributed by atoms with Crippen LogP contribution in [0.15, 0.2) is 45.6 Å². The number of aromatic nitrogens is 1. The Labute approximate surface area is 166 Å². The molecular formula is C17H14BrN3O3S2. The van der Waals surface area contributed by atoms with Crippen LogP contribution in [0.4, 0.5) is 16.2 Å². The number of thiophene rings is 1. The molecule has 0 aliphatic rings. The smallest absolute Gasteiger partial charge is 0.411 e. The van der Waals surface area contributed by atoms with E-state index >= 15 is 0 Å². The molecule has 0 unspecified atom stereocenters. The molecule has 2 aromatic heterocycles. The summed E-state index contributed by atoms with van der Waals surface area (Å²) in [6.45, 7) is 2.04. The summed E-state index contributed by atoms with van der Waals surface area (Å²) >= 11 is 6.40. The molecule has 0 bridgehead atoms. The zero-order valence-electron chi connectivity index (χ0n) is 13.6. The molecule has 0 radical (unpaired) electrons. The number of benzene rings is 1. The zero-order chi connectivity index (χ0) is 18.5. The summed E-state index contributed by atoms with van der Waals surface area (Å²) in [6.07, 6.45) is -0.514. The largest absolute Gasteiger partial charge is 0.450 e. The molecule has 9 heteroatoms. The number of thiazole rings is 1. The van der Waals surface area contributed by atoms with E-state index in [-0.39, 0.29) is 5.91 Å². The van der Waals surface area contributed by atoms with Gasteiger partial charge in [0.1, 0.15) is 10.7 Å². The molecule has 6 nitrogen and oxygen atoms in total. The summed E-state index contributed by atoms with van der Waals surface area (Å²) in [5, 5.41) is 9.89. The lowest BCUT2D eigenvalue weighted by atomic mass is 10.2. The van der Waals surface area contributed by atoms with E-state index in [1.165, 1.54) is 11.3 Å². The highest BCUT2D eigenvalue weighted by Crippen LogP contribution is 2.32. The maximum Gasteiger partial charge on any atom is 0.411 e. The summed E-state index contributed by atoms with van der Waals surface area (Å²) in [5.41, 5.74) is 1.56. The van der Waals surface area contributed by atoms with Crippen LogP contribution < -0.4 is 10.6 Å². The molecule has 3 rings (SSSR count). The van der Waals surface area contributed by atoms with Crippen LogP contribution in [-0.4, -0.2) is 23.6 Å². The lowest BCUT2D eigenvalue weighted by molar-refractivity contribution is 0.102. The maximum atomic E-state index is 12.3. The van der Waals surface area contributed by atoms with Crippen molar-refractivity contribution in [2.75, 3.05) is 17.2 Å². The van der Waals surface area contributed by atoms with Crippen LogP contribution in [-0.2, 0) is 4.74 Å². The first-order chi connectivity index (χ1) is 12.5. The highest BCUT2D eigenvalue weighted by atomic mass is 79.9. The minimum atomic E-state index is -0.514. The molecule has 0 fully saturated rings. The predicted molar refractivity (Wildman–Crippen MR) is 108 cm³/mol. The first-order valence-corrected chi connectivity index (χ1v) is 10.2. The monoisotopic (exact) mass is 451 g/mol. The van der Waals surface area contributed by atoms with Crippen LogP contribution in [0.2, 0.25) is 0 Å². The summed E-state index contributed by atoms with van der Waals surface area (Å²) in [5.74, 6) is -0.283. The molecular weight excluding hydrogens is 438 g/mol. The molecule has 1 aromatic carbocycles. The van der Waals surface area contributed by atoms with Crippen molar-refractivity contribution in [3.8, 4) is 9.88 Å². The highest BCUT2D eigenvalue weighted by molar-refractivity contribution is 9.10. The fourth-order valence-electron chi connectivity index (χ4n) is 2.03. The lowest BCUT2D eigenvalue weighted by Crippen LogP contribution is -2.14. The van der Waals surface area contributed by atoms with Crippen LogP contribution in [0.3, 0.4) is 0 Å². The van der Waals surface area contributed by atoms with E-state index < -0.39 is 6.09 Å². The van der Waals surface area contributed by atoms with E-state index in [2.05, 4.69) is 31.5 Å². The molecule has 2 amide bonds. The molecule has 0 aliphatic carbocycles. The van der Waals surface area contributed by atoms with Crippen LogP contribution in [0, 0.1) is 0 Å². The number of anilines is 2. The van der Waals surface area contributed by atoms with E-state index in [9.17, 15) is 9.59 Å². The van der Waals surface area contributed by atoms with Crippen LogP contribution in [0.1, 0.15) is 17.4 Å². The third kappa shape index (κ3) is 4.69. The number of ether oxygens (including phenoxy) is 1. The number of nitrogens with one attached hydrogen (secondary N) is 2. The van der Waals surface area contributed by atoms with Crippen molar-refractivity contribution in [2.45, 2.75) is 6.92 Å². The molecule has 0 spiro atoms. The number of halogens is 1. The molecule has 3 aromatic rings. The topological polar surface area (TPSA) is 80.3 Å². The Kier molecular flexibility index (Phi) is 6.02.